The van der Waals surface area contributed by atoms with Crippen LogP contribution in [0.2, 0.25) is 0 Å². The van der Waals surface area contributed by atoms with Gasteiger partial charge in [0.05, 0.1) is 0 Å². The largest absolute Gasteiger partial charge is 0.0683 e. The van der Waals surface area contributed by atoms with E-state index < -0.39 is 0 Å². The minimum absolute atomic E-state index is 0.582. The van der Waals surface area contributed by atoms with Gasteiger partial charge in [0.25, 0.3) is 0 Å². The van der Waals surface area contributed by atoms with Crippen molar-refractivity contribution in [2.75, 3.05) is 0 Å². The van der Waals surface area contributed by atoms with Crippen molar-refractivity contribution < 1.29 is 0 Å². The summed E-state index contributed by atoms with van der Waals surface area (Å²) < 4.78 is 0. The molecular weight excluding hydrogens is 240 g/mol. The van der Waals surface area contributed by atoms with Gasteiger partial charge in [0.15, 0.2) is 0 Å². The molecule has 0 amide bonds. The summed E-state index contributed by atoms with van der Waals surface area (Å²) in [6, 6.07) is 0. The second-order valence-corrected chi connectivity index (χ2v) is 7.40. The maximum Gasteiger partial charge on any atom is -0.0349 e. The lowest BCUT2D eigenvalue weighted by Crippen LogP contribution is -2.26. The third kappa shape index (κ3) is 10.7. The third-order valence-corrected chi connectivity index (χ3v) is 4.30. The summed E-state index contributed by atoms with van der Waals surface area (Å²) in [6.45, 7) is 20.4. The zero-order valence-electron chi connectivity index (χ0n) is 16.2. The van der Waals surface area contributed by atoms with Crippen LogP contribution in [0.5, 0.6) is 0 Å². The molecule has 124 valence electrons. The molecule has 1 saturated carbocycles. The molecule has 0 nitrogen and oxygen atoms in total. The lowest BCUT2D eigenvalue weighted by Gasteiger charge is -2.37. The molecule has 20 heavy (non-hydrogen) atoms. The Labute approximate surface area is 131 Å². The lowest BCUT2D eigenvalue weighted by atomic mass is 9.68. The van der Waals surface area contributed by atoms with Crippen molar-refractivity contribution in [2.45, 2.75) is 107 Å². The predicted octanol–water partition coefficient (Wildman–Crippen LogP) is 7.72. The Bertz CT molecular complexity index is 192. The minimum Gasteiger partial charge on any atom is -0.0683 e. The highest BCUT2D eigenvalue weighted by molar-refractivity contribution is 4.81. The number of hydrogen-bond acceptors (Lipinski definition) is 0. The molecule has 1 aliphatic rings. The Morgan fingerprint density at radius 2 is 1.25 bits per heavy atom. The van der Waals surface area contributed by atoms with Crippen molar-refractivity contribution in [3.63, 3.8) is 0 Å². The second kappa shape index (κ2) is 12.7. The molecule has 0 spiro atoms. The van der Waals surface area contributed by atoms with Gasteiger partial charge < -0.3 is 0 Å². The molecule has 0 aromatic heterocycles. The van der Waals surface area contributed by atoms with Crippen molar-refractivity contribution >= 4 is 0 Å². The van der Waals surface area contributed by atoms with Gasteiger partial charge in [0, 0.05) is 0 Å². The molecule has 1 rings (SSSR count). The van der Waals surface area contributed by atoms with Crippen molar-refractivity contribution in [1.82, 2.24) is 0 Å². The molecule has 1 aliphatic carbocycles. The highest BCUT2D eigenvalue weighted by Gasteiger charge is 2.29. The Kier molecular flexibility index (Phi) is 14.2. The molecule has 0 bridgehead atoms. The first-order chi connectivity index (χ1) is 9.38. The van der Waals surface area contributed by atoms with Gasteiger partial charge in [-0.3, -0.25) is 0 Å². The van der Waals surface area contributed by atoms with Crippen LogP contribution in [0.15, 0.2) is 0 Å². The molecule has 0 heterocycles. The van der Waals surface area contributed by atoms with E-state index >= 15 is 0 Å². The Morgan fingerprint density at radius 3 is 1.65 bits per heavy atom. The van der Waals surface area contributed by atoms with Gasteiger partial charge in [0.1, 0.15) is 0 Å². The van der Waals surface area contributed by atoms with E-state index in [1.54, 1.807) is 0 Å². The van der Waals surface area contributed by atoms with Crippen molar-refractivity contribution in [1.29, 1.82) is 0 Å². The molecule has 0 heteroatoms. The van der Waals surface area contributed by atoms with E-state index in [-0.39, 0.29) is 0 Å². The van der Waals surface area contributed by atoms with E-state index in [0.29, 0.717) is 5.41 Å². The SMILES string of the molecule is CC.CCC.CCC1CC(C)CC(C)(C)CC(CC)C1. The van der Waals surface area contributed by atoms with Gasteiger partial charge in [-0.1, -0.05) is 81.6 Å². The molecule has 0 saturated heterocycles. The van der Waals surface area contributed by atoms with E-state index in [0.717, 1.165) is 17.8 Å². The molecule has 1 fully saturated rings. The van der Waals surface area contributed by atoms with E-state index in [1.165, 1.54) is 44.9 Å². The van der Waals surface area contributed by atoms with Crippen LogP contribution in [0.1, 0.15) is 107 Å². The van der Waals surface area contributed by atoms with Crippen LogP contribution in [0.25, 0.3) is 0 Å². The summed E-state index contributed by atoms with van der Waals surface area (Å²) in [7, 11) is 0. The van der Waals surface area contributed by atoms with Crippen molar-refractivity contribution in [2.24, 2.45) is 23.2 Å². The monoisotopic (exact) mass is 284 g/mol. The van der Waals surface area contributed by atoms with E-state index in [4.69, 9.17) is 0 Å². The quantitative estimate of drug-likeness (QED) is 0.487. The van der Waals surface area contributed by atoms with Crippen LogP contribution in [0.4, 0.5) is 0 Å². The first kappa shape index (κ1) is 22.3. The fourth-order valence-electron chi connectivity index (χ4n) is 3.76. The Balaban J connectivity index is 0. The van der Waals surface area contributed by atoms with Crippen LogP contribution in [0.3, 0.4) is 0 Å². The zero-order chi connectivity index (χ0) is 16.2. The molecule has 3 unspecified atom stereocenters. The summed E-state index contributed by atoms with van der Waals surface area (Å²) in [5.74, 6) is 2.92. The number of rotatable bonds is 2. The van der Waals surface area contributed by atoms with Crippen molar-refractivity contribution in [3.8, 4) is 0 Å². The van der Waals surface area contributed by atoms with Crippen LogP contribution >= 0.6 is 0 Å². The van der Waals surface area contributed by atoms with Gasteiger partial charge in [-0.15, -0.1) is 0 Å². The van der Waals surface area contributed by atoms with Gasteiger partial charge in [-0.2, -0.15) is 0 Å². The van der Waals surface area contributed by atoms with Gasteiger partial charge in [-0.25, -0.2) is 0 Å². The minimum atomic E-state index is 0.582. The molecule has 0 aromatic rings. The summed E-state index contributed by atoms with van der Waals surface area (Å²) >= 11 is 0. The van der Waals surface area contributed by atoms with E-state index in [2.05, 4.69) is 48.5 Å². The fourth-order valence-corrected chi connectivity index (χ4v) is 3.76. The molecule has 0 radical (unpaired) electrons. The highest BCUT2D eigenvalue weighted by Crippen LogP contribution is 2.41. The maximum atomic E-state index is 2.47. The summed E-state index contributed by atoms with van der Waals surface area (Å²) in [5, 5.41) is 0. The lowest BCUT2D eigenvalue weighted by molar-refractivity contribution is 0.140. The topological polar surface area (TPSA) is 0 Å². The second-order valence-electron chi connectivity index (χ2n) is 7.40. The maximum absolute atomic E-state index is 2.47. The average Bonchev–Trinajstić information content (AvgIpc) is 2.37. The first-order valence-corrected chi connectivity index (χ1v) is 9.38. The van der Waals surface area contributed by atoms with Gasteiger partial charge >= 0.3 is 0 Å². The summed E-state index contributed by atoms with van der Waals surface area (Å²) in [5.41, 5.74) is 0.582. The smallest absolute Gasteiger partial charge is 0.0349 e. The summed E-state index contributed by atoms with van der Waals surface area (Å²) in [6.07, 6.45) is 9.86. The van der Waals surface area contributed by atoms with Crippen LogP contribution < -0.4 is 0 Å². The van der Waals surface area contributed by atoms with Gasteiger partial charge in [0.2, 0.25) is 0 Å². The van der Waals surface area contributed by atoms with E-state index in [9.17, 15) is 0 Å². The molecular formula is C20H44. The van der Waals surface area contributed by atoms with Crippen LogP contribution in [-0.2, 0) is 0 Å². The van der Waals surface area contributed by atoms with Crippen LogP contribution in [-0.4, -0.2) is 0 Å². The normalized spacial score (nSPS) is 28.9. The molecule has 3 atom stereocenters. The van der Waals surface area contributed by atoms with Gasteiger partial charge in [-0.05, 0) is 48.9 Å². The predicted molar refractivity (Wildman–Crippen MR) is 96.3 cm³/mol. The van der Waals surface area contributed by atoms with E-state index in [1.807, 2.05) is 13.8 Å². The number of hydrogen-bond donors (Lipinski definition) is 0. The third-order valence-electron chi connectivity index (χ3n) is 4.30. The van der Waals surface area contributed by atoms with Crippen molar-refractivity contribution in [3.05, 3.63) is 0 Å². The highest BCUT2D eigenvalue weighted by atomic mass is 14.4. The Hall–Kier alpha value is 0. The molecule has 0 aromatic carbocycles. The fraction of sp³-hybridized carbons (Fsp3) is 1.00. The first-order valence-electron chi connectivity index (χ1n) is 9.38. The average molecular weight is 285 g/mol. The van der Waals surface area contributed by atoms with Crippen LogP contribution in [0, 0.1) is 23.2 Å². The standard InChI is InChI=1S/C15H30.C3H8.C2H6/c1-6-13-8-12(3)10-15(4,5)11-14(7-2)9-13;1-3-2;1-2/h12-14H,6-11H2,1-5H3;3H2,1-2H3;1-2H3. The molecule has 0 N–H and O–H groups in total. The Morgan fingerprint density at radius 1 is 0.800 bits per heavy atom. The summed E-state index contributed by atoms with van der Waals surface area (Å²) in [4.78, 5) is 0. The zero-order valence-corrected chi connectivity index (χ0v) is 16.2. The molecule has 0 aliphatic heterocycles.